The van der Waals surface area contributed by atoms with Crippen LogP contribution in [-0.2, 0) is 0 Å². The SMILES string of the molecule is N#Cc1cc(C#N)nc(N2c3ccccc3B3c4ccccc4Oc4cccc2c43)n1. The molecule has 0 radical (unpaired) electrons. The molecule has 2 aliphatic heterocycles. The summed E-state index contributed by atoms with van der Waals surface area (Å²) in [5.74, 6) is 1.90. The Labute approximate surface area is 178 Å². The first-order valence-electron chi connectivity index (χ1n) is 9.76. The average molecular weight is 397 g/mol. The van der Waals surface area contributed by atoms with E-state index < -0.39 is 0 Å². The van der Waals surface area contributed by atoms with Crippen LogP contribution in [0.3, 0.4) is 0 Å². The summed E-state index contributed by atoms with van der Waals surface area (Å²) in [5, 5.41) is 18.9. The van der Waals surface area contributed by atoms with Gasteiger partial charge in [0.05, 0.1) is 0 Å². The van der Waals surface area contributed by atoms with Crippen LogP contribution in [0.25, 0.3) is 0 Å². The Morgan fingerprint density at radius 3 is 2.16 bits per heavy atom. The van der Waals surface area contributed by atoms with Crippen molar-refractivity contribution in [3.05, 3.63) is 84.2 Å². The van der Waals surface area contributed by atoms with E-state index in [1.807, 2.05) is 71.6 Å². The van der Waals surface area contributed by atoms with E-state index in [1.165, 1.54) is 6.07 Å². The summed E-state index contributed by atoms with van der Waals surface area (Å²) >= 11 is 0. The lowest BCUT2D eigenvalue weighted by molar-refractivity contribution is 0.487. The van der Waals surface area contributed by atoms with Gasteiger partial charge in [-0.15, -0.1) is 0 Å². The third-order valence-corrected chi connectivity index (χ3v) is 5.65. The van der Waals surface area contributed by atoms with Crippen LogP contribution < -0.4 is 26.0 Å². The standard InChI is InChI=1S/C24H12BN5O/c26-13-15-12-16(14-27)29-24(28-15)30-19-8-3-1-6-17(19)25-18-7-2-4-10-21(18)31-22-11-5-9-20(30)23(22)25/h1-12H. The first-order chi connectivity index (χ1) is 15.3. The van der Waals surface area contributed by atoms with Gasteiger partial charge >= 0.3 is 0 Å². The zero-order chi connectivity index (χ0) is 20.9. The molecule has 2 aliphatic rings. The van der Waals surface area contributed by atoms with Crippen molar-refractivity contribution in [2.45, 2.75) is 0 Å². The van der Waals surface area contributed by atoms with Gasteiger partial charge in [0, 0.05) is 17.4 Å². The van der Waals surface area contributed by atoms with Gasteiger partial charge in [0.2, 0.25) is 5.95 Å². The van der Waals surface area contributed by atoms with Crippen LogP contribution in [0.4, 0.5) is 17.3 Å². The number of aromatic nitrogens is 2. The summed E-state index contributed by atoms with van der Waals surface area (Å²) < 4.78 is 6.24. The number of nitrogens with zero attached hydrogens (tertiary/aromatic N) is 5. The van der Waals surface area contributed by atoms with Gasteiger partial charge < -0.3 is 4.74 Å². The van der Waals surface area contributed by atoms with E-state index in [1.54, 1.807) is 0 Å². The lowest BCUT2D eigenvalue weighted by atomic mass is 9.34. The predicted molar refractivity (Wildman–Crippen MR) is 117 cm³/mol. The van der Waals surface area contributed by atoms with Crippen LogP contribution in [0.1, 0.15) is 11.4 Å². The van der Waals surface area contributed by atoms with Gasteiger partial charge in [0.25, 0.3) is 6.71 Å². The maximum Gasteiger partial charge on any atom is 0.256 e. The smallest absolute Gasteiger partial charge is 0.256 e. The highest BCUT2D eigenvalue weighted by Crippen LogP contribution is 2.38. The minimum Gasteiger partial charge on any atom is -0.458 e. The first-order valence-corrected chi connectivity index (χ1v) is 9.76. The molecule has 0 aliphatic carbocycles. The molecule has 31 heavy (non-hydrogen) atoms. The molecule has 0 saturated carbocycles. The van der Waals surface area contributed by atoms with Crippen LogP contribution in [-0.4, -0.2) is 16.7 Å². The zero-order valence-corrected chi connectivity index (χ0v) is 16.1. The van der Waals surface area contributed by atoms with E-state index in [0.717, 1.165) is 39.3 Å². The van der Waals surface area contributed by atoms with Gasteiger partial charge in [0.15, 0.2) is 0 Å². The number of para-hydroxylation sites is 2. The Balaban J connectivity index is 1.68. The molecular weight excluding hydrogens is 385 g/mol. The van der Waals surface area contributed by atoms with Crippen molar-refractivity contribution in [2.24, 2.45) is 0 Å². The topological polar surface area (TPSA) is 85.8 Å². The Bertz CT molecular complexity index is 1440. The molecule has 7 heteroatoms. The summed E-state index contributed by atoms with van der Waals surface area (Å²) in [6.45, 7) is -0.00168. The molecule has 6 nitrogen and oxygen atoms in total. The van der Waals surface area contributed by atoms with Crippen molar-refractivity contribution in [1.29, 1.82) is 10.5 Å². The molecular formula is C24H12BN5O. The Morgan fingerprint density at radius 2 is 1.39 bits per heavy atom. The third-order valence-electron chi connectivity index (χ3n) is 5.65. The van der Waals surface area contributed by atoms with Crippen molar-refractivity contribution < 1.29 is 4.74 Å². The van der Waals surface area contributed by atoms with E-state index in [-0.39, 0.29) is 24.0 Å². The number of nitriles is 2. The van der Waals surface area contributed by atoms with E-state index in [0.29, 0.717) is 0 Å². The predicted octanol–water partition coefficient (Wildman–Crippen LogP) is 2.63. The first kappa shape index (κ1) is 17.3. The summed E-state index contributed by atoms with van der Waals surface area (Å²) in [6, 6.07) is 27.5. The molecule has 0 atom stereocenters. The second-order valence-corrected chi connectivity index (χ2v) is 7.32. The summed E-state index contributed by atoms with van der Waals surface area (Å²) in [5.41, 5.74) is 5.27. The van der Waals surface area contributed by atoms with Gasteiger partial charge in [-0.2, -0.15) is 10.5 Å². The highest BCUT2D eigenvalue weighted by Gasteiger charge is 2.41. The molecule has 0 fully saturated rings. The quantitative estimate of drug-likeness (QED) is 0.397. The Kier molecular flexibility index (Phi) is 3.59. The van der Waals surface area contributed by atoms with E-state index in [2.05, 4.69) is 22.1 Å². The molecule has 1 aromatic heterocycles. The van der Waals surface area contributed by atoms with E-state index >= 15 is 0 Å². The average Bonchev–Trinajstić information content (AvgIpc) is 2.83. The third kappa shape index (κ3) is 2.44. The zero-order valence-electron chi connectivity index (χ0n) is 16.1. The lowest BCUT2D eigenvalue weighted by Gasteiger charge is -2.38. The molecule has 0 spiro atoms. The van der Waals surface area contributed by atoms with Crippen molar-refractivity contribution in [3.63, 3.8) is 0 Å². The van der Waals surface area contributed by atoms with Crippen molar-refractivity contribution >= 4 is 40.4 Å². The summed E-state index contributed by atoms with van der Waals surface area (Å²) in [4.78, 5) is 10.8. The molecule has 6 rings (SSSR count). The van der Waals surface area contributed by atoms with Crippen LogP contribution in [0.2, 0.25) is 0 Å². The number of benzene rings is 3. The van der Waals surface area contributed by atoms with Crippen molar-refractivity contribution in [2.75, 3.05) is 4.90 Å². The van der Waals surface area contributed by atoms with Crippen LogP contribution in [0.5, 0.6) is 11.5 Å². The van der Waals surface area contributed by atoms with E-state index in [4.69, 9.17) is 4.74 Å². The number of ether oxygens (including phenoxy) is 1. The van der Waals surface area contributed by atoms with Crippen LogP contribution in [0.15, 0.2) is 72.8 Å². The molecule has 0 saturated heterocycles. The normalized spacial score (nSPS) is 12.6. The van der Waals surface area contributed by atoms with Gasteiger partial charge in [-0.05, 0) is 40.7 Å². The van der Waals surface area contributed by atoms with Gasteiger partial charge in [0.1, 0.15) is 35.0 Å². The molecule has 3 aromatic carbocycles. The lowest BCUT2D eigenvalue weighted by Crippen LogP contribution is -2.59. The van der Waals surface area contributed by atoms with Gasteiger partial charge in [-0.3, -0.25) is 4.90 Å². The second-order valence-electron chi connectivity index (χ2n) is 7.32. The monoisotopic (exact) mass is 397 g/mol. The highest BCUT2D eigenvalue weighted by molar-refractivity contribution is 6.99. The molecule has 3 heterocycles. The van der Waals surface area contributed by atoms with Crippen LogP contribution >= 0.6 is 0 Å². The molecule has 0 bridgehead atoms. The number of anilines is 3. The molecule has 142 valence electrons. The molecule has 0 amide bonds. The largest absolute Gasteiger partial charge is 0.458 e. The Morgan fingerprint density at radius 1 is 0.742 bits per heavy atom. The highest BCUT2D eigenvalue weighted by atomic mass is 16.5. The fraction of sp³-hybridized carbons (Fsp3) is 0. The van der Waals surface area contributed by atoms with E-state index in [9.17, 15) is 10.5 Å². The van der Waals surface area contributed by atoms with Gasteiger partial charge in [-0.1, -0.05) is 42.5 Å². The maximum absolute atomic E-state index is 9.43. The van der Waals surface area contributed by atoms with Crippen molar-refractivity contribution in [1.82, 2.24) is 9.97 Å². The number of hydrogen-bond donors (Lipinski definition) is 0. The summed E-state index contributed by atoms with van der Waals surface area (Å²) in [6.07, 6.45) is 0. The number of hydrogen-bond acceptors (Lipinski definition) is 6. The molecule has 0 N–H and O–H groups in total. The minimum absolute atomic E-state index is 0.00168. The molecule has 4 aromatic rings. The fourth-order valence-electron chi connectivity index (χ4n) is 4.45. The number of fused-ring (bicyclic) bond motifs is 4. The second kappa shape index (κ2) is 6.45. The number of rotatable bonds is 1. The Hall–Kier alpha value is -4.62. The fourth-order valence-corrected chi connectivity index (χ4v) is 4.45. The van der Waals surface area contributed by atoms with Gasteiger partial charge in [-0.25, -0.2) is 9.97 Å². The maximum atomic E-state index is 9.43. The molecule has 0 unspecified atom stereocenters. The van der Waals surface area contributed by atoms with Crippen LogP contribution in [0, 0.1) is 22.7 Å². The summed E-state index contributed by atoms with van der Waals surface area (Å²) in [7, 11) is 0. The minimum atomic E-state index is -0.00168. The van der Waals surface area contributed by atoms with Crippen molar-refractivity contribution in [3.8, 4) is 23.6 Å².